The smallest absolute Gasteiger partial charge is 0.300 e. The van der Waals surface area contributed by atoms with Crippen molar-refractivity contribution in [1.29, 1.82) is 0 Å². The van der Waals surface area contributed by atoms with Crippen molar-refractivity contribution in [2.24, 2.45) is 10.1 Å². The van der Waals surface area contributed by atoms with Gasteiger partial charge in [-0.05, 0) is 47.4 Å². The molecule has 142 valence electrons. The third kappa shape index (κ3) is 3.01. The second-order valence-electron chi connectivity index (χ2n) is 6.40. The van der Waals surface area contributed by atoms with E-state index in [-0.39, 0.29) is 5.91 Å². The molecule has 29 heavy (non-hydrogen) atoms. The quantitative estimate of drug-likeness (QED) is 0.618. The van der Waals surface area contributed by atoms with Crippen LogP contribution in [-0.2, 0) is 4.79 Å². The summed E-state index contributed by atoms with van der Waals surface area (Å²) in [7, 11) is 1.62. The highest BCUT2D eigenvalue weighted by atomic mass is 32.1. The number of rotatable bonds is 4. The van der Waals surface area contributed by atoms with Gasteiger partial charge in [-0.15, -0.1) is 16.4 Å². The lowest BCUT2D eigenvalue weighted by Gasteiger charge is -2.18. The minimum absolute atomic E-state index is 0.247. The van der Waals surface area contributed by atoms with E-state index in [0.717, 1.165) is 21.9 Å². The highest BCUT2D eigenvalue weighted by Crippen LogP contribution is 2.32. The summed E-state index contributed by atoms with van der Waals surface area (Å²) in [5.41, 5.74) is 2.12. The number of anilines is 1. The number of guanidine groups is 1. The summed E-state index contributed by atoms with van der Waals surface area (Å²) in [6.45, 7) is 0. The summed E-state index contributed by atoms with van der Waals surface area (Å²) in [4.78, 5) is 20.5. The minimum Gasteiger partial charge on any atom is -0.497 e. The van der Waals surface area contributed by atoms with Crippen LogP contribution in [0.1, 0.15) is 10.4 Å². The molecule has 6 nitrogen and oxygen atoms in total. The number of carbonyl (C=O) groups excluding carboxylic acids is 1. The Hall–Kier alpha value is -3.71. The maximum atomic E-state index is 13.0. The monoisotopic (exact) mass is 400 g/mol. The van der Waals surface area contributed by atoms with Crippen molar-refractivity contribution in [1.82, 2.24) is 5.01 Å². The average Bonchev–Trinajstić information content (AvgIpc) is 3.47. The third-order valence-electron chi connectivity index (χ3n) is 4.60. The molecule has 0 saturated heterocycles. The zero-order chi connectivity index (χ0) is 19.8. The van der Waals surface area contributed by atoms with Crippen LogP contribution in [0.15, 0.2) is 87.9 Å². The fourth-order valence-electron chi connectivity index (χ4n) is 3.20. The number of fused-ring (bicyclic) bond motifs is 1. The Morgan fingerprint density at radius 2 is 1.79 bits per heavy atom. The molecule has 0 saturated carbocycles. The lowest BCUT2D eigenvalue weighted by molar-refractivity contribution is -0.122. The Kier molecular flexibility index (Phi) is 4.22. The molecule has 5 rings (SSSR count). The number of hydrogen-bond donors (Lipinski definition) is 0. The average molecular weight is 400 g/mol. The largest absolute Gasteiger partial charge is 0.497 e. The highest BCUT2D eigenvalue weighted by molar-refractivity contribution is 7.12. The first kappa shape index (κ1) is 17.4. The minimum atomic E-state index is -0.247. The molecular weight excluding hydrogens is 384 g/mol. The number of nitrogens with zero attached hydrogens (tertiary/aromatic N) is 4. The lowest BCUT2D eigenvalue weighted by atomic mass is 10.2. The first-order chi connectivity index (χ1) is 14.2. The summed E-state index contributed by atoms with van der Waals surface area (Å²) in [5, 5.41) is 7.96. The number of thiophene rings is 1. The molecule has 0 aliphatic carbocycles. The standard InChI is InChI=1S/C22H16N4O2S/c1-28-17-11-9-15(10-12-17)14-18-21(27)26-22(23-18)25(16-6-3-2-4-7-16)20(24-26)19-8-5-13-29-19/h2-14H,1H3/b18-14+. The predicted molar refractivity (Wildman–Crippen MR) is 115 cm³/mol. The number of amides is 1. The Morgan fingerprint density at radius 1 is 1.00 bits per heavy atom. The van der Waals surface area contributed by atoms with Gasteiger partial charge in [0.05, 0.1) is 17.7 Å². The van der Waals surface area contributed by atoms with Gasteiger partial charge in [0.25, 0.3) is 5.91 Å². The van der Waals surface area contributed by atoms with Crippen molar-refractivity contribution in [3.8, 4) is 5.75 Å². The molecule has 2 aromatic carbocycles. The number of hydrazone groups is 1. The van der Waals surface area contributed by atoms with Crippen molar-refractivity contribution >= 4 is 40.8 Å². The fraction of sp³-hybridized carbons (Fsp3) is 0.0455. The van der Waals surface area contributed by atoms with Gasteiger partial charge in [-0.1, -0.05) is 36.4 Å². The van der Waals surface area contributed by atoms with E-state index in [2.05, 4.69) is 10.1 Å². The Morgan fingerprint density at radius 3 is 2.48 bits per heavy atom. The molecule has 3 heterocycles. The number of amidine groups is 1. The van der Waals surface area contributed by atoms with Gasteiger partial charge in [0.2, 0.25) is 5.96 Å². The summed E-state index contributed by atoms with van der Waals surface area (Å²) >= 11 is 1.57. The van der Waals surface area contributed by atoms with Crippen LogP contribution in [-0.4, -0.2) is 29.8 Å². The van der Waals surface area contributed by atoms with Crippen LogP contribution in [0.4, 0.5) is 5.69 Å². The number of methoxy groups -OCH3 is 1. The van der Waals surface area contributed by atoms with Crippen LogP contribution >= 0.6 is 11.3 Å². The van der Waals surface area contributed by atoms with Gasteiger partial charge in [-0.2, -0.15) is 5.01 Å². The van der Waals surface area contributed by atoms with Gasteiger partial charge in [-0.3, -0.25) is 9.69 Å². The second-order valence-corrected chi connectivity index (χ2v) is 7.35. The van der Waals surface area contributed by atoms with Gasteiger partial charge >= 0.3 is 0 Å². The Balaban J connectivity index is 1.56. The summed E-state index contributed by atoms with van der Waals surface area (Å²) < 4.78 is 5.18. The maximum Gasteiger partial charge on any atom is 0.300 e. The Bertz CT molecular complexity index is 1150. The van der Waals surface area contributed by atoms with E-state index in [0.29, 0.717) is 17.5 Å². The number of benzene rings is 2. The van der Waals surface area contributed by atoms with Crippen LogP contribution < -0.4 is 9.64 Å². The van der Waals surface area contributed by atoms with Crippen molar-refractivity contribution in [2.45, 2.75) is 0 Å². The molecule has 1 aromatic heterocycles. The van der Waals surface area contributed by atoms with Gasteiger partial charge in [0.1, 0.15) is 11.4 Å². The zero-order valence-corrected chi connectivity index (χ0v) is 16.3. The van der Waals surface area contributed by atoms with Crippen LogP contribution in [0.25, 0.3) is 6.08 Å². The van der Waals surface area contributed by atoms with Gasteiger partial charge in [-0.25, -0.2) is 4.99 Å². The molecule has 0 fully saturated rings. The van der Waals surface area contributed by atoms with Crippen LogP contribution in [0.2, 0.25) is 0 Å². The predicted octanol–water partition coefficient (Wildman–Crippen LogP) is 4.18. The molecule has 2 aliphatic heterocycles. The highest BCUT2D eigenvalue weighted by Gasteiger charge is 2.42. The maximum absolute atomic E-state index is 13.0. The molecule has 0 spiro atoms. The van der Waals surface area contributed by atoms with Crippen LogP contribution in [0, 0.1) is 0 Å². The van der Waals surface area contributed by atoms with Gasteiger partial charge in [0.15, 0.2) is 5.84 Å². The number of ether oxygens (including phenoxy) is 1. The third-order valence-corrected chi connectivity index (χ3v) is 5.47. The number of aliphatic imine (C=N–C) groups is 1. The van der Waals surface area contributed by atoms with Crippen molar-refractivity contribution in [3.05, 3.63) is 88.2 Å². The van der Waals surface area contributed by atoms with E-state index in [1.54, 1.807) is 24.5 Å². The van der Waals surface area contributed by atoms with E-state index in [4.69, 9.17) is 4.74 Å². The van der Waals surface area contributed by atoms with E-state index in [1.165, 1.54) is 5.01 Å². The molecule has 7 heteroatoms. The SMILES string of the molecule is COc1ccc(/C=C2/N=C3N(N=C(c4cccs4)N3c3ccccc3)C2=O)cc1. The van der Waals surface area contributed by atoms with E-state index in [9.17, 15) is 4.79 Å². The number of para-hydroxylation sites is 1. The number of carbonyl (C=O) groups is 1. The van der Waals surface area contributed by atoms with E-state index >= 15 is 0 Å². The van der Waals surface area contributed by atoms with Crippen LogP contribution in [0.5, 0.6) is 5.75 Å². The first-order valence-electron chi connectivity index (χ1n) is 9.01. The summed E-state index contributed by atoms with van der Waals surface area (Å²) in [6.07, 6.45) is 1.76. The molecule has 2 aliphatic rings. The zero-order valence-electron chi connectivity index (χ0n) is 15.5. The second kappa shape index (κ2) is 7.03. The van der Waals surface area contributed by atoms with E-state index < -0.39 is 0 Å². The molecular formula is C22H16N4O2S. The molecule has 1 amide bonds. The van der Waals surface area contributed by atoms with Gasteiger partial charge < -0.3 is 4.74 Å². The lowest BCUT2D eigenvalue weighted by Crippen LogP contribution is -2.36. The van der Waals surface area contributed by atoms with Crippen molar-refractivity contribution < 1.29 is 9.53 Å². The molecule has 0 atom stereocenters. The van der Waals surface area contributed by atoms with Crippen molar-refractivity contribution in [2.75, 3.05) is 12.0 Å². The summed E-state index contributed by atoms with van der Waals surface area (Å²) in [5.74, 6) is 1.70. The number of hydrogen-bond acceptors (Lipinski definition) is 6. The molecule has 0 bridgehead atoms. The molecule has 0 radical (unpaired) electrons. The van der Waals surface area contributed by atoms with E-state index in [1.807, 2.05) is 77.0 Å². The van der Waals surface area contributed by atoms with Gasteiger partial charge in [0, 0.05) is 0 Å². The fourth-order valence-corrected chi connectivity index (χ4v) is 3.90. The first-order valence-corrected chi connectivity index (χ1v) is 9.89. The molecule has 0 unspecified atom stereocenters. The molecule has 3 aromatic rings. The molecule has 0 N–H and O–H groups in total. The normalized spacial score (nSPS) is 16.9. The Labute approximate surface area is 171 Å². The van der Waals surface area contributed by atoms with Crippen molar-refractivity contribution in [3.63, 3.8) is 0 Å². The topological polar surface area (TPSA) is 57.5 Å². The summed E-state index contributed by atoms with van der Waals surface area (Å²) in [6, 6.07) is 21.2. The van der Waals surface area contributed by atoms with Crippen LogP contribution in [0.3, 0.4) is 0 Å².